The Bertz CT molecular complexity index is 1280. The Balaban J connectivity index is 1.32. The maximum Gasteiger partial charge on any atom is 0.248 e. The number of likely N-dealkylation sites (tertiary alicyclic amines) is 2. The summed E-state index contributed by atoms with van der Waals surface area (Å²) in [4.78, 5) is 20.2. The molecule has 0 aliphatic carbocycles. The molecule has 6 nitrogen and oxygen atoms in total. The van der Waals surface area contributed by atoms with E-state index < -0.39 is 0 Å². The number of carbonyl (C=O) groups excluding carboxylic acids is 1. The van der Waals surface area contributed by atoms with Crippen LogP contribution in [0.1, 0.15) is 74.7 Å². The molecule has 0 spiro atoms. The zero-order chi connectivity index (χ0) is 28.0. The van der Waals surface area contributed by atoms with E-state index in [1.165, 1.54) is 44.9 Å². The first-order chi connectivity index (χ1) is 20.2. The van der Waals surface area contributed by atoms with Crippen molar-refractivity contribution in [1.29, 1.82) is 0 Å². The van der Waals surface area contributed by atoms with Gasteiger partial charge in [0, 0.05) is 17.0 Å². The SMILES string of the molecule is O=C(C(CCC1CCNCC1)N1CCCCC1N1CCCCC1)n1c(COc2ccc(Cl)cc2)cc2ccccc21. The fraction of sp³-hybridized carbons (Fsp3) is 0.559. The highest BCUT2D eigenvalue weighted by atomic mass is 35.5. The summed E-state index contributed by atoms with van der Waals surface area (Å²) in [5, 5.41) is 5.28. The number of hydrogen-bond acceptors (Lipinski definition) is 5. The Morgan fingerprint density at radius 2 is 1.68 bits per heavy atom. The molecule has 3 aliphatic heterocycles. The minimum atomic E-state index is -0.137. The topological polar surface area (TPSA) is 49.7 Å². The average molecular weight is 577 g/mol. The summed E-state index contributed by atoms with van der Waals surface area (Å²) < 4.78 is 8.19. The molecule has 0 amide bonds. The molecule has 0 radical (unpaired) electrons. The van der Waals surface area contributed by atoms with Crippen LogP contribution in [0.15, 0.2) is 54.6 Å². The van der Waals surface area contributed by atoms with Gasteiger partial charge in [0.05, 0.1) is 23.4 Å². The van der Waals surface area contributed by atoms with Crippen LogP contribution in [-0.4, -0.2) is 65.2 Å². The van der Waals surface area contributed by atoms with E-state index >= 15 is 0 Å². The summed E-state index contributed by atoms with van der Waals surface area (Å²) in [6.07, 6.45) is 12.3. The van der Waals surface area contributed by atoms with E-state index in [9.17, 15) is 4.79 Å². The number of benzene rings is 2. The molecule has 3 aliphatic rings. The van der Waals surface area contributed by atoms with Crippen LogP contribution in [-0.2, 0) is 6.61 Å². The molecule has 3 aromatic rings. The summed E-state index contributed by atoms with van der Waals surface area (Å²) >= 11 is 6.10. The Hall–Kier alpha value is -2.38. The third-order valence-corrected chi connectivity index (χ3v) is 9.78. The van der Waals surface area contributed by atoms with Crippen LogP contribution in [0.4, 0.5) is 0 Å². The molecule has 1 N–H and O–H groups in total. The van der Waals surface area contributed by atoms with Crippen molar-refractivity contribution in [1.82, 2.24) is 19.7 Å². The van der Waals surface area contributed by atoms with E-state index in [4.69, 9.17) is 16.3 Å². The Morgan fingerprint density at radius 1 is 0.927 bits per heavy atom. The largest absolute Gasteiger partial charge is 0.487 e. The standard InChI is InChI=1S/C34H45ClN4O2/c35-28-12-14-30(15-13-28)41-25-29-24-27-8-2-3-9-31(27)39(29)34(40)32(16-11-26-17-19-36-20-18-26)38-23-7-4-10-33(38)37-21-5-1-6-22-37/h2-3,8-9,12-15,24,26,32-33,36H,1,4-7,10-11,16-23,25H2. The number of nitrogens with zero attached hydrogens (tertiary/aromatic N) is 3. The van der Waals surface area contributed by atoms with Gasteiger partial charge >= 0.3 is 0 Å². The maximum absolute atomic E-state index is 14.9. The van der Waals surface area contributed by atoms with E-state index in [1.54, 1.807) is 0 Å². The molecule has 2 atom stereocenters. The van der Waals surface area contributed by atoms with E-state index in [1.807, 2.05) is 41.0 Å². The van der Waals surface area contributed by atoms with Gasteiger partial charge in [-0.1, -0.05) is 36.2 Å². The second-order valence-corrected chi connectivity index (χ2v) is 12.6. The fourth-order valence-corrected chi connectivity index (χ4v) is 7.45. The molecular formula is C34H45ClN4O2. The second kappa shape index (κ2) is 13.7. The number of hydrogen-bond donors (Lipinski definition) is 1. The monoisotopic (exact) mass is 576 g/mol. The van der Waals surface area contributed by atoms with Crippen LogP contribution in [0.5, 0.6) is 5.75 Å². The van der Waals surface area contributed by atoms with Crippen LogP contribution in [0.2, 0.25) is 5.02 Å². The predicted molar refractivity (Wildman–Crippen MR) is 167 cm³/mol. The molecule has 0 saturated carbocycles. The highest BCUT2D eigenvalue weighted by Crippen LogP contribution is 2.31. The molecule has 3 fully saturated rings. The lowest BCUT2D eigenvalue weighted by Gasteiger charge is -2.47. The summed E-state index contributed by atoms with van der Waals surface area (Å²) in [6.45, 7) is 5.83. The van der Waals surface area contributed by atoms with Crippen molar-refractivity contribution in [2.75, 3.05) is 32.7 Å². The first-order valence-electron chi connectivity index (χ1n) is 15.9. The smallest absolute Gasteiger partial charge is 0.248 e. The Kier molecular flexibility index (Phi) is 9.62. The average Bonchev–Trinajstić information content (AvgIpc) is 3.40. The van der Waals surface area contributed by atoms with Crippen LogP contribution in [0.25, 0.3) is 10.9 Å². The molecule has 41 heavy (non-hydrogen) atoms. The molecule has 6 rings (SSSR count). The third-order valence-electron chi connectivity index (χ3n) is 9.52. The summed E-state index contributed by atoms with van der Waals surface area (Å²) in [7, 11) is 0. The second-order valence-electron chi connectivity index (χ2n) is 12.2. The number of piperidine rings is 3. The van der Waals surface area contributed by atoms with E-state index in [-0.39, 0.29) is 11.9 Å². The number of halogens is 1. The van der Waals surface area contributed by atoms with Gasteiger partial charge in [-0.3, -0.25) is 19.2 Å². The third kappa shape index (κ3) is 6.83. The summed E-state index contributed by atoms with van der Waals surface area (Å²) in [6, 6.07) is 17.7. The lowest BCUT2D eigenvalue weighted by Crippen LogP contribution is -2.58. The van der Waals surface area contributed by atoms with Gasteiger partial charge in [-0.15, -0.1) is 0 Å². The fourth-order valence-electron chi connectivity index (χ4n) is 7.32. The van der Waals surface area contributed by atoms with E-state index in [0.29, 0.717) is 23.7 Å². The summed E-state index contributed by atoms with van der Waals surface area (Å²) in [5.41, 5.74) is 1.88. The minimum absolute atomic E-state index is 0.137. The zero-order valence-corrected chi connectivity index (χ0v) is 25.0. The Labute approximate surface area is 250 Å². The number of para-hydroxylation sites is 1. The van der Waals surface area contributed by atoms with Gasteiger partial charge in [0.2, 0.25) is 5.91 Å². The number of ether oxygens (including phenoxy) is 1. The quantitative estimate of drug-likeness (QED) is 0.298. The first-order valence-corrected chi connectivity index (χ1v) is 16.3. The van der Waals surface area contributed by atoms with Crippen molar-refractivity contribution < 1.29 is 9.53 Å². The maximum atomic E-state index is 14.9. The van der Waals surface area contributed by atoms with Gasteiger partial charge < -0.3 is 10.1 Å². The minimum Gasteiger partial charge on any atom is -0.487 e. The van der Waals surface area contributed by atoms with E-state index in [2.05, 4.69) is 33.3 Å². The van der Waals surface area contributed by atoms with Crippen molar-refractivity contribution in [2.45, 2.75) is 83.0 Å². The number of carbonyl (C=O) groups is 1. The van der Waals surface area contributed by atoms with Crippen LogP contribution >= 0.6 is 11.6 Å². The zero-order valence-electron chi connectivity index (χ0n) is 24.3. The van der Waals surface area contributed by atoms with Gasteiger partial charge in [-0.05, 0) is 126 Å². The van der Waals surface area contributed by atoms with Gasteiger partial charge in [0.25, 0.3) is 0 Å². The van der Waals surface area contributed by atoms with E-state index in [0.717, 1.165) is 74.3 Å². The van der Waals surface area contributed by atoms with Crippen molar-refractivity contribution in [3.8, 4) is 5.75 Å². The lowest BCUT2D eigenvalue weighted by atomic mass is 9.90. The highest BCUT2D eigenvalue weighted by molar-refractivity contribution is 6.30. The van der Waals surface area contributed by atoms with Gasteiger partial charge in [0.15, 0.2) is 0 Å². The van der Waals surface area contributed by atoms with Crippen LogP contribution in [0, 0.1) is 5.92 Å². The van der Waals surface area contributed by atoms with Crippen molar-refractivity contribution in [2.24, 2.45) is 5.92 Å². The molecule has 7 heteroatoms. The van der Waals surface area contributed by atoms with Gasteiger partial charge in [-0.25, -0.2) is 0 Å². The predicted octanol–water partition coefficient (Wildman–Crippen LogP) is 6.96. The Morgan fingerprint density at radius 3 is 2.49 bits per heavy atom. The number of rotatable bonds is 9. The van der Waals surface area contributed by atoms with Crippen LogP contribution < -0.4 is 10.1 Å². The van der Waals surface area contributed by atoms with Crippen molar-refractivity contribution in [3.63, 3.8) is 0 Å². The lowest BCUT2D eigenvalue weighted by molar-refractivity contribution is -0.0237. The highest BCUT2D eigenvalue weighted by Gasteiger charge is 2.38. The van der Waals surface area contributed by atoms with Crippen LogP contribution in [0.3, 0.4) is 0 Å². The molecule has 2 aromatic carbocycles. The molecule has 220 valence electrons. The first kappa shape index (κ1) is 28.7. The summed E-state index contributed by atoms with van der Waals surface area (Å²) in [5.74, 6) is 1.65. The van der Waals surface area contributed by atoms with Crippen molar-refractivity contribution in [3.05, 3.63) is 65.3 Å². The number of nitrogens with one attached hydrogen (secondary N) is 1. The molecule has 3 saturated heterocycles. The molecule has 2 unspecified atom stereocenters. The number of aromatic nitrogens is 1. The normalized spacial score (nSPS) is 22.1. The molecule has 1 aromatic heterocycles. The van der Waals surface area contributed by atoms with Crippen molar-refractivity contribution >= 4 is 28.4 Å². The molecule has 0 bridgehead atoms. The molecular weight excluding hydrogens is 532 g/mol. The van der Waals surface area contributed by atoms with Gasteiger partial charge in [-0.2, -0.15) is 0 Å². The molecule has 4 heterocycles. The van der Waals surface area contributed by atoms with Gasteiger partial charge in [0.1, 0.15) is 12.4 Å². The number of fused-ring (bicyclic) bond motifs is 1.